The van der Waals surface area contributed by atoms with E-state index in [4.69, 9.17) is 29.2 Å². The molecule has 10 heteroatoms. The van der Waals surface area contributed by atoms with Gasteiger partial charge in [0.05, 0.1) is 13.2 Å². The van der Waals surface area contributed by atoms with Gasteiger partial charge in [-0.05, 0) is 13.8 Å². The summed E-state index contributed by atoms with van der Waals surface area (Å²) >= 11 is 0. The summed E-state index contributed by atoms with van der Waals surface area (Å²) in [7, 11) is 0. The molecule has 0 aromatic carbocycles. The third kappa shape index (κ3) is 3.99. The summed E-state index contributed by atoms with van der Waals surface area (Å²) in [5.41, 5.74) is 0. The minimum absolute atomic E-state index is 0.492. The van der Waals surface area contributed by atoms with E-state index in [2.05, 4.69) is 0 Å². The molecular weight excluding hydrogens is 316 g/mol. The summed E-state index contributed by atoms with van der Waals surface area (Å²) in [6, 6.07) is 0. The molecule has 23 heavy (non-hydrogen) atoms. The van der Waals surface area contributed by atoms with Gasteiger partial charge >= 0.3 is 0 Å². The van der Waals surface area contributed by atoms with Crippen molar-refractivity contribution in [3.8, 4) is 0 Å². The Morgan fingerprint density at radius 3 is 1.35 bits per heavy atom. The van der Waals surface area contributed by atoms with Crippen LogP contribution in [0, 0.1) is 0 Å². The topological polar surface area (TPSA) is 158 Å². The highest BCUT2D eigenvalue weighted by Gasteiger charge is 2.49. The molecule has 2 saturated heterocycles. The maximum Gasteiger partial charge on any atom is 0.189 e. The van der Waals surface area contributed by atoms with E-state index >= 15 is 0 Å². The van der Waals surface area contributed by atoms with E-state index in [1.165, 1.54) is 13.8 Å². The van der Waals surface area contributed by atoms with Crippen LogP contribution in [-0.2, 0) is 18.9 Å². The van der Waals surface area contributed by atoms with Crippen molar-refractivity contribution in [3.05, 3.63) is 0 Å². The second-order valence-electron chi connectivity index (χ2n) is 6.05. The quantitative estimate of drug-likeness (QED) is 0.270. The lowest BCUT2D eigenvalue weighted by atomic mass is 10.1. The van der Waals surface area contributed by atoms with Crippen LogP contribution in [0.2, 0.25) is 0 Å². The molecule has 2 aliphatic rings. The Labute approximate surface area is 132 Å². The van der Waals surface area contributed by atoms with Crippen molar-refractivity contribution in [2.45, 2.75) is 68.8 Å². The normalized spacial score (nSPS) is 44.9. The van der Waals surface area contributed by atoms with Crippen LogP contribution in [-0.4, -0.2) is 98.8 Å². The highest BCUT2D eigenvalue weighted by molar-refractivity contribution is 4.89. The van der Waals surface area contributed by atoms with Crippen molar-refractivity contribution in [1.29, 1.82) is 0 Å². The zero-order chi connectivity index (χ0) is 17.4. The highest BCUT2D eigenvalue weighted by Crippen LogP contribution is 2.30. The summed E-state index contributed by atoms with van der Waals surface area (Å²) in [4.78, 5) is 0. The second kappa shape index (κ2) is 7.23. The fraction of sp³-hybridized carbons (Fsp3) is 1.00. The summed E-state index contributed by atoms with van der Waals surface area (Å²) < 4.78 is 21.2. The average Bonchev–Trinajstić information content (AvgIpc) is 2.91. The maximum atomic E-state index is 9.84. The van der Waals surface area contributed by atoms with Crippen LogP contribution in [0.15, 0.2) is 0 Å². The fourth-order valence-electron chi connectivity index (χ4n) is 2.51. The van der Waals surface area contributed by atoms with Crippen molar-refractivity contribution in [1.82, 2.24) is 0 Å². The first-order valence-electron chi connectivity index (χ1n) is 7.30. The van der Waals surface area contributed by atoms with Gasteiger partial charge in [0.2, 0.25) is 0 Å². The first-order valence-corrected chi connectivity index (χ1v) is 7.30. The smallest absolute Gasteiger partial charge is 0.189 e. The monoisotopic (exact) mass is 340 g/mol. The van der Waals surface area contributed by atoms with Gasteiger partial charge in [-0.25, -0.2) is 0 Å². The summed E-state index contributed by atoms with van der Waals surface area (Å²) in [6.07, 6.45) is -9.88. The summed E-state index contributed by atoms with van der Waals surface area (Å²) in [6.45, 7) is 1.93. The fourth-order valence-corrected chi connectivity index (χ4v) is 2.51. The predicted octanol–water partition coefficient (Wildman–Crippen LogP) is -3.37. The van der Waals surface area contributed by atoms with Crippen molar-refractivity contribution >= 4 is 0 Å². The third-order valence-corrected chi connectivity index (χ3v) is 3.80. The molecule has 0 aliphatic carbocycles. The van der Waals surface area contributed by atoms with Gasteiger partial charge in [-0.2, -0.15) is 0 Å². The van der Waals surface area contributed by atoms with E-state index in [1.807, 2.05) is 0 Å². The Morgan fingerprint density at radius 2 is 1.09 bits per heavy atom. The molecule has 136 valence electrons. The predicted molar refractivity (Wildman–Crippen MR) is 71.8 cm³/mol. The number of hydrogen-bond acceptors (Lipinski definition) is 10. The Morgan fingerprint density at radius 1 is 0.739 bits per heavy atom. The highest BCUT2D eigenvalue weighted by atomic mass is 16.8. The van der Waals surface area contributed by atoms with Crippen LogP contribution in [0.25, 0.3) is 0 Å². The van der Waals surface area contributed by atoms with Gasteiger partial charge in [-0.3, -0.25) is 0 Å². The lowest BCUT2D eigenvalue weighted by molar-refractivity contribution is -0.349. The van der Waals surface area contributed by atoms with Gasteiger partial charge < -0.3 is 49.6 Å². The Hall–Kier alpha value is -0.400. The first kappa shape index (κ1) is 18.9. The Balaban J connectivity index is 1.95. The van der Waals surface area contributed by atoms with Gasteiger partial charge in [-0.15, -0.1) is 0 Å². The number of hydrogen-bond donors (Lipinski definition) is 6. The standard InChI is InChI=1S/C13H24O10/c1-13(2,22-11-9(18)7(16)5(3-14)20-11)23-12-10(19)8(17)6(4-15)21-12/h5-12,14-19H,3-4H2,1-2H3/t5-,6-,7+,8+,9-,10-,11?,12?/m1/s1. The van der Waals surface area contributed by atoms with E-state index in [-0.39, 0.29) is 0 Å². The molecule has 0 aromatic rings. The lowest BCUT2D eigenvalue weighted by Crippen LogP contribution is -2.44. The molecule has 2 unspecified atom stereocenters. The number of aliphatic hydroxyl groups is 6. The molecular formula is C13H24O10. The minimum Gasteiger partial charge on any atom is -0.394 e. The van der Waals surface area contributed by atoms with Gasteiger partial charge in [0.25, 0.3) is 0 Å². The van der Waals surface area contributed by atoms with Crippen LogP contribution in [0.3, 0.4) is 0 Å². The van der Waals surface area contributed by atoms with Gasteiger partial charge in [0.1, 0.15) is 36.6 Å². The SMILES string of the molecule is CC(C)(OC1O[C@H](CO)[C@H](O)[C@H]1O)OC1O[C@H](CO)[C@H](O)[C@H]1O. The van der Waals surface area contributed by atoms with Crippen molar-refractivity contribution in [2.24, 2.45) is 0 Å². The van der Waals surface area contributed by atoms with Crippen LogP contribution < -0.4 is 0 Å². The van der Waals surface area contributed by atoms with Crippen LogP contribution >= 0.6 is 0 Å². The summed E-state index contributed by atoms with van der Waals surface area (Å²) in [5, 5.41) is 57.1. The maximum absolute atomic E-state index is 9.84. The minimum atomic E-state index is -1.43. The molecule has 2 aliphatic heterocycles. The Kier molecular flexibility index (Phi) is 5.95. The molecule has 0 bridgehead atoms. The van der Waals surface area contributed by atoms with Crippen molar-refractivity contribution < 1.29 is 49.6 Å². The molecule has 10 nitrogen and oxygen atoms in total. The molecule has 0 radical (unpaired) electrons. The lowest BCUT2D eigenvalue weighted by Gasteiger charge is -2.32. The van der Waals surface area contributed by atoms with E-state index in [9.17, 15) is 20.4 Å². The number of ether oxygens (including phenoxy) is 4. The molecule has 0 amide bonds. The van der Waals surface area contributed by atoms with Gasteiger partial charge in [-0.1, -0.05) is 0 Å². The number of rotatable bonds is 6. The van der Waals surface area contributed by atoms with Crippen molar-refractivity contribution in [3.63, 3.8) is 0 Å². The van der Waals surface area contributed by atoms with E-state index in [0.29, 0.717) is 0 Å². The largest absolute Gasteiger partial charge is 0.394 e. The molecule has 0 spiro atoms. The second-order valence-corrected chi connectivity index (χ2v) is 6.05. The zero-order valence-corrected chi connectivity index (χ0v) is 12.8. The Bertz CT molecular complexity index is 357. The van der Waals surface area contributed by atoms with E-state index in [1.54, 1.807) is 0 Å². The van der Waals surface area contributed by atoms with Crippen LogP contribution in [0.4, 0.5) is 0 Å². The average molecular weight is 340 g/mol. The van der Waals surface area contributed by atoms with Crippen molar-refractivity contribution in [2.75, 3.05) is 13.2 Å². The van der Waals surface area contributed by atoms with E-state index < -0.39 is 68.2 Å². The summed E-state index contributed by atoms with van der Waals surface area (Å²) in [5.74, 6) is -1.43. The van der Waals surface area contributed by atoms with Crippen LogP contribution in [0.1, 0.15) is 13.8 Å². The number of aliphatic hydroxyl groups excluding tert-OH is 6. The van der Waals surface area contributed by atoms with Gasteiger partial charge in [0.15, 0.2) is 18.4 Å². The van der Waals surface area contributed by atoms with E-state index in [0.717, 1.165) is 0 Å². The molecule has 0 aromatic heterocycles. The molecule has 8 atom stereocenters. The van der Waals surface area contributed by atoms with Crippen LogP contribution in [0.5, 0.6) is 0 Å². The molecule has 6 N–H and O–H groups in total. The van der Waals surface area contributed by atoms with Gasteiger partial charge in [0, 0.05) is 0 Å². The molecule has 2 rings (SSSR count). The molecule has 2 heterocycles. The molecule has 0 saturated carbocycles. The zero-order valence-electron chi connectivity index (χ0n) is 12.8. The first-order chi connectivity index (χ1) is 10.7. The third-order valence-electron chi connectivity index (χ3n) is 3.80. The molecule has 2 fully saturated rings.